The minimum atomic E-state index is 0.318. The first-order chi connectivity index (χ1) is 8.86. The molecule has 5 nitrogen and oxygen atoms in total. The van der Waals surface area contributed by atoms with Crippen molar-refractivity contribution >= 4 is 0 Å². The molecule has 0 saturated carbocycles. The van der Waals surface area contributed by atoms with Crippen molar-refractivity contribution in [3.8, 4) is 0 Å². The van der Waals surface area contributed by atoms with E-state index in [9.17, 15) is 0 Å². The Hall–Kier alpha value is -0.940. The van der Waals surface area contributed by atoms with Crippen LogP contribution in [0.4, 0.5) is 0 Å². The van der Waals surface area contributed by atoms with Crippen molar-refractivity contribution in [3.63, 3.8) is 0 Å². The SMILES string of the molecule is CCN1CCC(c2nc(C3CCCN3)no2)CC1. The molecule has 0 aromatic carbocycles. The summed E-state index contributed by atoms with van der Waals surface area (Å²) in [5.41, 5.74) is 0. The molecule has 1 unspecified atom stereocenters. The van der Waals surface area contributed by atoms with Gasteiger partial charge in [0.25, 0.3) is 0 Å². The highest BCUT2D eigenvalue weighted by Gasteiger charge is 2.27. The zero-order valence-corrected chi connectivity index (χ0v) is 11.1. The average molecular weight is 250 g/mol. The van der Waals surface area contributed by atoms with E-state index in [1.807, 2.05) is 0 Å². The molecule has 5 heteroatoms. The van der Waals surface area contributed by atoms with E-state index < -0.39 is 0 Å². The van der Waals surface area contributed by atoms with Crippen LogP contribution in [-0.4, -0.2) is 41.2 Å². The van der Waals surface area contributed by atoms with Crippen molar-refractivity contribution < 1.29 is 4.52 Å². The largest absolute Gasteiger partial charge is 0.339 e. The molecule has 1 atom stereocenters. The van der Waals surface area contributed by atoms with Crippen LogP contribution in [0.15, 0.2) is 4.52 Å². The third-order valence-electron chi connectivity index (χ3n) is 4.21. The highest BCUT2D eigenvalue weighted by atomic mass is 16.5. The van der Waals surface area contributed by atoms with Crippen molar-refractivity contribution in [1.82, 2.24) is 20.4 Å². The third-order valence-corrected chi connectivity index (χ3v) is 4.21. The summed E-state index contributed by atoms with van der Waals surface area (Å²) >= 11 is 0. The molecule has 3 heterocycles. The summed E-state index contributed by atoms with van der Waals surface area (Å²) in [4.78, 5) is 7.09. The van der Waals surface area contributed by atoms with Crippen LogP contribution in [0.25, 0.3) is 0 Å². The van der Waals surface area contributed by atoms with Gasteiger partial charge in [0.15, 0.2) is 5.82 Å². The second-order valence-corrected chi connectivity index (χ2v) is 5.35. The van der Waals surface area contributed by atoms with E-state index in [2.05, 4.69) is 27.3 Å². The van der Waals surface area contributed by atoms with Gasteiger partial charge in [-0.15, -0.1) is 0 Å². The van der Waals surface area contributed by atoms with Gasteiger partial charge >= 0.3 is 0 Å². The van der Waals surface area contributed by atoms with Crippen molar-refractivity contribution in [1.29, 1.82) is 0 Å². The van der Waals surface area contributed by atoms with Gasteiger partial charge in [-0.05, 0) is 51.9 Å². The number of aromatic nitrogens is 2. The molecule has 2 aliphatic heterocycles. The van der Waals surface area contributed by atoms with Crippen LogP contribution in [0.3, 0.4) is 0 Å². The molecule has 100 valence electrons. The van der Waals surface area contributed by atoms with Gasteiger partial charge in [-0.25, -0.2) is 0 Å². The topological polar surface area (TPSA) is 54.2 Å². The molecule has 1 aromatic rings. The van der Waals surface area contributed by atoms with E-state index in [-0.39, 0.29) is 0 Å². The maximum absolute atomic E-state index is 5.47. The number of nitrogens with one attached hydrogen (secondary N) is 1. The van der Waals surface area contributed by atoms with Crippen LogP contribution in [0.2, 0.25) is 0 Å². The average Bonchev–Trinajstić information content (AvgIpc) is 3.09. The Labute approximate surface area is 108 Å². The zero-order chi connectivity index (χ0) is 12.4. The normalized spacial score (nSPS) is 26.8. The van der Waals surface area contributed by atoms with Crippen molar-refractivity contribution in [2.24, 2.45) is 0 Å². The molecular weight excluding hydrogens is 228 g/mol. The van der Waals surface area contributed by atoms with Gasteiger partial charge in [0.05, 0.1) is 6.04 Å². The molecule has 2 aliphatic rings. The van der Waals surface area contributed by atoms with Crippen molar-refractivity contribution in [2.75, 3.05) is 26.2 Å². The van der Waals surface area contributed by atoms with E-state index >= 15 is 0 Å². The Morgan fingerprint density at radius 2 is 2.17 bits per heavy atom. The van der Waals surface area contributed by atoms with E-state index in [0.29, 0.717) is 12.0 Å². The Morgan fingerprint density at radius 3 is 2.83 bits per heavy atom. The lowest BCUT2D eigenvalue weighted by atomic mass is 9.97. The third kappa shape index (κ3) is 2.42. The van der Waals surface area contributed by atoms with Gasteiger partial charge in [-0.1, -0.05) is 12.1 Å². The van der Waals surface area contributed by atoms with Crippen LogP contribution < -0.4 is 5.32 Å². The summed E-state index contributed by atoms with van der Waals surface area (Å²) in [6.07, 6.45) is 4.64. The number of hydrogen-bond acceptors (Lipinski definition) is 5. The quantitative estimate of drug-likeness (QED) is 0.884. The molecule has 0 amide bonds. The summed E-state index contributed by atoms with van der Waals surface area (Å²) in [5.74, 6) is 2.19. The molecule has 0 bridgehead atoms. The number of hydrogen-bond donors (Lipinski definition) is 1. The van der Waals surface area contributed by atoms with E-state index in [0.717, 1.165) is 57.2 Å². The highest BCUT2D eigenvalue weighted by Crippen LogP contribution is 2.28. The summed E-state index contributed by atoms with van der Waals surface area (Å²) in [6, 6.07) is 0.318. The molecule has 0 aliphatic carbocycles. The Morgan fingerprint density at radius 1 is 1.33 bits per heavy atom. The summed E-state index contributed by atoms with van der Waals surface area (Å²) in [6.45, 7) is 6.75. The zero-order valence-electron chi connectivity index (χ0n) is 11.1. The molecule has 0 spiro atoms. The molecular formula is C13H22N4O. The van der Waals surface area contributed by atoms with E-state index in [1.54, 1.807) is 0 Å². The fraction of sp³-hybridized carbons (Fsp3) is 0.846. The van der Waals surface area contributed by atoms with Gasteiger partial charge in [0, 0.05) is 5.92 Å². The smallest absolute Gasteiger partial charge is 0.229 e. The van der Waals surface area contributed by atoms with Gasteiger partial charge < -0.3 is 14.7 Å². The molecule has 18 heavy (non-hydrogen) atoms. The predicted octanol–water partition coefficient (Wildman–Crippen LogP) is 1.69. The lowest BCUT2D eigenvalue weighted by Gasteiger charge is -2.28. The Bertz CT molecular complexity index is 378. The molecule has 1 N–H and O–H groups in total. The van der Waals surface area contributed by atoms with Crippen LogP contribution in [0.1, 0.15) is 56.3 Å². The van der Waals surface area contributed by atoms with Crippen molar-refractivity contribution in [2.45, 2.75) is 44.6 Å². The lowest BCUT2D eigenvalue weighted by molar-refractivity contribution is 0.202. The van der Waals surface area contributed by atoms with Crippen LogP contribution in [0, 0.1) is 0 Å². The monoisotopic (exact) mass is 250 g/mol. The van der Waals surface area contributed by atoms with Gasteiger partial charge in [-0.3, -0.25) is 0 Å². The molecule has 0 radical (unpaired) electrons. The van der Waals surface area contributed by atoms with Gasteiger partial charge in [-0.2, -0.15) is 4.98 Å². The Kier molecular flexibility index (Phi) is 3.61. The summed E-state index contributed by atoms with van der Waals surface area (Å²) < 4.78 is 5.47. The van der Waals surface area contributed by atoms with Crippen molar-refractivity contribution in [3.05, 3.63) is 11.7 Å². The maximum atomic E-state index is 5.47. The fourth-order valence-electron chi connectivity index (χ4n) is 2.96. The molecule has 3 rings (SSSR count). The van der Waals surface area contributed by atoms with Crippen LogP contribution >= 0.6 is 0 Å². The predicted molar refractivity (Wildman–Crippen MR) is 68.4 cm³/mol. The van der Waals surface area contributed by atoms with Crippen LogP contribution in [-0.2, 0) is 0 Å². The minimum absolute atomic E-state index is 0.318. The molecule has 2 fully saturated rings. The van der Waals surface area contributed by atoms with Gasteiger partial charge in [0.1, 0.15) is 0 Å². The maximum Gasteiger partial charge on any atom is 0.229 e. The Balaban J connectivity index is 1.62. The molecule has 2 saturated heterocycles. The first-order valence-corrected chi connectivity index (χ1v) is 7.16. The van der Waals surface area contributed by atoms with Crippen LogP contribution in [0.5, 0.6) is 0 Å². The number of rotatable bonds is 3. The lowest BCUT2D eigenvalue weighted by Crippen LogP contribution is -2.32. The second-order valence-electron chi connectivity index (χ2n) is 5.35. The summed E-state index contributed by atoms with van der Waals surface area (Å²) in [5, 5.41) is 7.56. The number of nitrogens with zero attached hydrogens (tertiary/aromatic N) is 3. The molecule has 1 aromatic heterocycles. The minimum Gasteiger partial charge on any atom is -0.339 e. The second kappa shape index (κ2) is 5.36. The van der Waals surface area contributed by atoms with E-state index in [4.69, 9.17) is 4.52 Å². The van der Waals surface area contributed by atoms with E-state index in [1.165, 1.54) is 6.42 Å². The fourth-order valence-corrected chi connectivity index (χ4v) is 2.96. The standard InChI is InChI=1S/C13H22N4O/c1-2-17-8-5-10(6-9-17)13-15-12(16-18-13)11-4-3-7-14-11/h10-11,14H,2-9H2,1H3. The van der Waals surface area contributed by atoms with Gasteiger partial charge in [0.2, 0.25) is 5.89 Å². The summed E-state index contributed by atoms with van der Waals surface area (Å²) in [7, 11) is 0. The number of likely N-dealkylation sites (tertiary alicyclic amines) is 1. The first kappa shape index (κ1) is 12.1. The number of piperidine rings is 1. The first-order valence-electron chi connectivity index (χ1n) is 7.16. The highest BCUT2D eigenvalue weighted by molar-refractivity contribution is 5.01.